The van der Waals surface area contributed by atoms with Gasteiger partial charge in [0.05, 0.1) is 0 Å². The van der Waals surface area contributed by atoms with E-state index in [1.54, 1.807) is 0 Å². The molecule has 0 heterocycles. The summed E-state index contributed by atoms with van der Waals surface area (Å²) in [5.41, 5.74) is 0. The number of ether oxygens (including phenoxy) is 1. The monoisotopic (exact) mass is 307 g/mol. The van der Waals surface area contributed by atoms with Crippen LogP contribution in [0.1, 0.15) is 32.1 Å². The number of hydrogen-bond donors (Lipinski definition) is 1. The number of rotatable bonds is 2. The van der Waals surface area contributed by atoms with Gasteiger partial charge in [0.25, 0.3) is 0 Å². The van der Waals surface area contributed by atoms with Crippen LogP contribution >= 0.6 is 22.6 Å². The summed E-state index contributed by atoms with van der Waals surface area (Å²) < 4.78 is 4.43. The van der Waals surface area contributed by atoms with E-state index >= 15 is 0 Å². The molecule has 0 aromatic heterocycles. The van der Waals surface area contributed by atoms with E-state index in [0.29, 0.717) is 0 Å². The van der Waals surface area contributed by atoms with Crippen LogP contribution in [0.2, 0.25) is 0 Å². The molecular formula is C10H14INO2. The third-order valence-electron chi connectivity index (χ3n) is 2.27. The predicted octanol–water partition coefficient (Wildman–Crippen LogP) is 2.44. The molecular weight excluding hydrogens is 293 g/mol. The summed E-state index contributed by atoms with van der Waals surface area (Å²) in [6.45, 7) is 0. The number of nitrogens with one attached hydrogen (secondary N) is 1. The van der Waals surface area contributed by atoms with Gasteiger partial charge in [-0.25, -0.2) is 4.79 Å². The minimum atomic E-state index is -0.476. The Kier molecular flexibility index (Phi) is 5.09. The van der Waals surface area contributed by atoms with Gasteiger partial charge in [-0.3, -0.25) is 0 Å². The van der Waals surface area contributed by atoms with Crippen LogP contribution in [0.4, 0.5) is 4.79 Å². The number of alkyl halides is 1. The maximum Gasteiger partial charge on any atom is 0.409 e. The molecule has 1 aliphatic carbocycles. The van der Waals surface area contributed by atoms with Gasteiger partial charge in [0.15, 0.2) is 0 Å². The molecule has 0 spiro atoms. The summed E-state index contributed by atoms with van der Waals surface area (Å²) in [4.78, 5) is 11.2. The fraction of sp³-hybridized carbons (Fsp3) is 0.700. The zero-order chi connectivity index (χ0) is 10.4. The van der Waals surface area contributed by atoms with E-state index in [9.17, 15) is 4.79 Å². The third kappa shape index (κ3) is 4.18. The number of carbonyl (C=O) groups is 1. The Morgan fingerprint density at radius 2 is 2.14 bits per heavy atom. The number of carbonyl (C=O) groups excluding carboxylic acids is 1. The van der Waals surface area contributed by atoms with Crippen LogP contribution in [0.5, 0.6) is 0 Å². The lowest BCUT2D eigenvalue weighted by molar-refractivity contribution is 0.148. The van der Waals surface area contributed by atoms with Gasteiger partial charge in [0.2, 0.25) is 4.11 Å². The first kappa shape index (κ1) is 11.6. The zero-order valence-electron chi connectivity index (χ0n) is 7.96. The van der Waals surface area contributed by atoms with Gasteiger partial charge in [-0.05, 0) is 35.4 Å². The van der Waals surface area contributed by atoms with E-state index in [2.05, 4.69) is 11.2 Å². The van der Waals surface area contributed by atoms with Crippen LogP contribution in [-0.4, -0.2) is 16.2 Å². The van der Waals surface area contributed by atoms with Crippen molar-refractivity contribution in [3.05, 3.63) is 0 Å². The van der Waals surface area contributed by atoms with Crippen molar-refractivity contribution < 1.29 is 9.53 Å². The molecule has 1 unspecified atom stereocenters. The van der Waals surface area contributed by atoms with E-state index in [1.165, 1.54) is 19.3 Å². The van der Waals surface area contributed by atoms with E-state index in [4.69, 9.17) is 11.2 Å². The van der Waals surface area contributed by atoms with Gasteiger partial charge in [0, 0.05) is 6.04 Å². The molecule has 1 fully saturated rings. The highest BCUT2D eigenvalue weighted by Gasteiger charge is 2.17. The molecule has 1 atom stereocenters. The molecule has 1 rings (SSSR count). The largest absolute Gasteiger partial charge is 0.423 e. The lowest BCUT2D eigenvalue weighted by Crippen LogP contribution is -2.37. The number of amides is 1. The molecule has 1 saturated carbocycles. The van der Waals surface area contributed by atoms with Gasteiger partial charge in [0.1, 0.15) is 0 Å². The second-order valence-electron chi connectivity index (χ2n) is 3.37. The van der Waals surface area contributed by atoms with Crippen molar-refractivity contribution in [3.63, 3.8) is 0 Å². The molecule has 0 bridgehead atoms. The molecule has 1 N–H and O–H groups in total. The van der Waals surface area contributed by atoms with Gasteiger partial charge >= 0.3 is 6.09 Å². The Morgan fingerprint density at radius 1 is 1.50 bits per heavy atom. The van der Waals surface area contributed by atoms with E-state index in [1.807, 2.05) is 22.6 Å². The van der Waals surface area contributed by atoms with Crippen LogP contribution in [0, 0.1) is 12.3 Å². The highest BCUT2D eigenvalue weighted by molar-refractivity contribution is 14.1. The van der Waals surface area contributed by atoms with Gasteiger partial charge in [-0.15, -0.1) is 6.42 Å². The Balaban J connectivity index is 2.22. The molecule has 0 aromatic carbocycles. The maximum absolute atomic E-state index is 11.2. The van der Waals surface area contributed by atoms with E-state index in [0.717, 1.165) is 12.8 Å². The molecule has 4 heteroatoms. The van der Waals surface area contributed by atoms with Crippen LogP contribution in [0.25, 0.3) is 0 Å². The first-order valence-electron chi connectivity index (χ1n) is 4.79. The quantitative estimate of drug-likeness (QED) is 0.483. The first-order chi connectivity index (χ1) is 6.72. The average molecular weight is 307 g/mol. The topological polar surface area (TPSA) is 38.3 Å². The Hall–Kier alpha value is -0.440. The molecule has 0 radical (unpaired) electrons. The second-order valence-corrected chi connectivity index (χ2v) is 4.50. The van der Waals surface area contributed by atoms with E-state index in [-0.39, 0.29) is 6.04 Å². The Morgan fingerprint density at radius 3 is 2.71 bits per heavy atom. The van der Waals surface area contributed by atoms with Crippen molar-refractivity contribution in [1.82, 2.24) is 5.32 Å². The summed E-state index contributed by atoms with van der Waals surface area (Å²) in [6, 6.07) is 0.276. The standard InChI is InChI=1S/C10H14INO2/c1-2-9(11)14-10(13)12-8-6-4-3-5-7-8/h1,8-9H,3-7H2,(H,12,13). The molecule has 0 aliphatic heterocycles. The van der Waals surface area contributed by atoms with Gasteiger partial charge in [-0.2, -0.15) is 0 Å². The van der Waals surface area contributed by atoms with Crippen molar-refractivity contribution in [2.75, 3.05) is 0 Å². The molecule has 14 heavy (non-hydrogen) atoms. The normalized spacial score (nSPS) is 19.4. The molecule has 0 saturated heterocycles. The summed E-state index contributed by atoms with van der Waals surface area (Å²) >= 11 is 1.90. The summed E-state index contributed by atoms with van der Waals surface area (Å²) in [5.74, 6) is 2.34. The summed E-state index contributed by atoms with van der Waals surface area (Å²) in [5, 5.41) is 2.82. The number of halogens is 1. The van der Waals surface area contributed by atoms with Gasteiger partial charge in [-0.1, -0.05) is 25.2 Å². The highest BCUT2D eigenvalue weighted by Crippen LogP contribution is 2.17. The molecule has 78 valence electrons. The predicted molar refractivity (Wildman–Crippen MR) is 63.1 cm³/mol. The zero-order valence-corrected chi connectivity index (χ0v) is 10.1. The molecule has 3 nitrogen and oxygen atoms in total. The first-order valence-corrected chi connectivity index (χ1v) is 6.04. The van der Waals surface area contributed by atoms with Crippen LogP contribution < -0.4 is 5.32 Å². The smallest absolute Gasteiger partial charge is 0.409 e. The van der Waals surface area contributed by atoms with Crippen LogP contribution in [0.3, 0.4) is 0 Å². The lowest BCUT2D eigenvalue weighted by atomic mass is 9.96. The summed E-state index contributed by atoms with van der Waals surface area (Å²) in [7, 11) is 0. The van der Waals surface area contributed by atoms with Crippen molar-refractivity contribution in [2.24, 2.45) is 0 Å². The van der Waals surface area contributed by atoms with Crippen LogP contribution in [-0.2, 0) is 4.74 Å². The van der Waals surface area contributed by atoms with Gasteiger partial charge < -0.3 is 10.1 Å². The minimum absolute atomic E-state index is 0.276. The van der Waals surface area contributed by atoms with Crippen molar-refractivity contribution in [3.8, 4) is 12.3 Å². The fourth-order valence-corrected chi connectivity index (χ4v) is 1.81. The average Bonchev–Trinajstić information content (AvgIpc) is 2.19. The molecule has 1 amide bonds. The van der Waals surface area contributed by atoms with Crippen molar-refractivity contribution >= 4 is 28.7 Å². The van der Waals surface area contributed by atoms with E-state index < -0.39 is 10.2 Å². The number of terminal acetylenes is 1. The maximum atomic E-state index is 11.2. The molecule has 0 aromatic rings. The number of alkyl carbamates (subject to hydrolysis) is 1. The summed E-state index contributed by atoms with van der Waals surface area (Å²) in [6.07, 6.45) is 10.4. The third-order valence-corrected chi connectivity index (χ3v) is 2.88. The minimum Gasteiger partial charge on any atom is -0.423 e. The fourth-order valence-electron chi connectivity index (χ4n) is 1.58. The Labute approximate surface area is 98.1 Å². The number of hydrogen-bond acceptors (Lipinski definition) is 2. The second kappa shape index (κ2) is 6.12. The Bertz CT molecular complexity index is 231. The lowest BCUT2D eigenvalue weighted by Gasteiger charge is -2.22. The van der Waals surface area contributed by atoms with Crippen LogP contribution in [0.15, 0.2) is 0 Å². The van der Waals surface area contributed by atoms with Crippen molar-refractivity contribution in [1.29, 1.82) is 0 Å². The highest BCUT2D eigenvalue weighted by atomic mass is 127. The van der Waals surface area contributed by atoms with Crippen molar-refractivity contribution in [2.45, 2.75) is 42.3 Å². The SMILES string of the molecule is C#CC(I)OC(=O)NC1CCCCC1. The molecule has 1 aliphatic rings.